The fraction of sp³-hybridized carbons (Fsp3) is 0.417. The third-order valence-corrected chi connectivity index (χ3v) is 2.17. The SMILES string of the molecule is CCNC(=O)COc1c(C)cc(C)cc1N. The summed E-state index contributed by atoms with van der Waals surface area (Å²) < 4.78 is 5.40. The average Bonchev–Trinajstić information content (AvgIpc) is 2.16. The summed E-state index contributed by atoms with van der Waals surface area (Å²) in [6.07, 6.45) is 0. The minimum atomic E-state index is -0.137. The van der Waals surface area contributed by atoms with Crippen molar-refractivity contribution in [3.8, 4) is 5.75 Å². The Morgan fingerprint density at radius 2 is 2.12 bits per heavy atom. The molecule has 0 heterocycles. The second-order valence-corrected chi connectivity index (χ2v) is 3.74. The molecule has 0 bridgehead atoms. The van der Waals surface area contributed by atoms with Crippen LogP contribution in [0.2, 0.25) is 0 Å². The van der Waals surface area contributed by atoms with Crippen molar-refractivity contribution in [3.63, 3.8) is 0 Å². The molecule has 0 saturated carbocycles. The van der Waals surface area contributed by atoms with Crippen LogP contribution in [-0.4, -0.2) is 19.1 Å². The molecule has 3 N–H and O–H groups in total. The summed E-state index contributed by atoms with van der Waals surface area (Å²) in [5, 5.41) is 2.66. The van der Waals surface area contributed by atoms with E-state index in [0.717, 1.165) is 11.1 Å². The maximum absolute atomic E-state index is 11.2. The third-order valence-electron chi connectivity index (χ3n) is 2.17. The number of nitrogens with two attached hydrogens (primary N) is 1. The number of nitrogen functional groups attached to an aromatic ring is 1. The van der Waals surface area contributed by atoms with Crippen LogP contribution in [0, 0.1) is 13.8 Å². The second-order valence-electron chi connectivity index (χ2n) is 3.74. The highest BCUT2D eigenvalue weighted by Gasteiger charge is 2.07. The van der Waals surface area contributed by atoms with Crippen LogP contribution in [0.3, 0.4) is 0 Å². The molecule has 0 atom stereocenters. The van der Waals surface area contributed by atoms with Crippen LogP contribution >= 0.6 is 0 Å². The van der Waals surface area contributed by atoms with Crippen molar-refractivity contribution < 1.29 is 9.53 Å². The Labute approximate surface area is 95.8 Å². The zero-order valence-electron chi connectivity index (χ0n) is 9.96. The van der Waals surface area contributed by atoms with Crippen molar-refractivity contribution in [3.05, 3.63) is 23.3 Å². The van der Waals surface area contributed by atoms with E-state index in [-0.39, 0.29) is 12.5 Å². The molecule has 88 valence electrons. The van der Waals surface area contributed by atoms with Gasteiger partial charge in [0.1, 0.15) is 5.75 Å². The number of ether oxygens (including phenoxy) is 1. The number of nitrogens with one attached hydrogen (secondary N) is 1. The molecule has 0 aliphatic heterocycles. The molecule has 1 aromatic carbocycles. The van der Waals surface area contributed by atoms with Gasteiger partial charge in [0.05, 0.1) is 5.69 Å². The first-order valence-corrected chi connectivity index (χ1v) is 5.30. The quantitative estimate of drug-likeness (QED) is 0.757. The van der Waals surface area contributed by atoms with Crippen LogP contribution in [0.25, 0.3) is 0 Å². The van der Waals surface area contributed by atoms with Gasteiger partial charge in [-0.15, -0.1) is 0 Å². The fourth-order valence-corrected chi connectivity index (χ4v) is 1.57. The maximum atomic E-state index is 11.2. The van der Waals surface area contributed by atoms with E-state index >= 15 is 0 Å². The smallest absolute Gasteiger partial charge is 0.257 e. The van der Waals surface area contributed by atoms with E-state index in [4.69, 9.17) is 10.5 Å². The number of carbonyl (C=O) groups excluding carboxylic acids is 1. The van der Waals surface area contributed by atoms with Crippen LogP contribution in [0.1, 0.15) is 18.1 Å². The van der Waals surface area contributed by atoms with Gasteiger partial charge in [-0.3, -0.25) is 4.79 Å². The van der Waals surface area contributed by atoms with E-state index < -0.39 is 0 Å². The van der Waals surface area contributed by atoms with Crippen molar-refractivity contribution in [1.82, 2.24) is 5.32 Å². The largest absolute Gasteiger partial charge is 0.481 e. The van der Waals surface area contributed by atoms with Crippen LogP contribution < -0.4 is 15.8 Å². The summed E-state index contributed by atoms with van der Waals surface area (Å²) in [6, 6.07) is 3.81. The number of hydrogen-bond acceptors (Lipinski definition) is 3. The number of aryl methyl sites for hydroxylation is 2. The van der Waals surface area contributed by atoms with Crippen LogP contribution in [0.4, 0.5) is 5.69 Å². The lowest BCUT2D eigenvalue weighted by Gasteiger charge is -2.12. The first-order chi connectivity index (χ1) is 7.54. The number of hydrogen-bond donors (Lipinski definition) is 2. The first-order valence-electron chi connectivity index (χ1n) is 5.30. The van der Waals surface area contributed by atoms with Crippen LogP contribution in [0.15, 0.2) is 12.1 Å². The van der Waals surface area contributed by atoms with Gasteiger partial charge >= 0.3 is 0 Å². The summed E-state index contributed by atoms with van der Waals surface area (Å²) >= 11 is 0. The molecule has 16 heavy (non-hydrogen) atoms. The maximum Gasteiger partial charge on any atom is 0.257 e. The summed E-state index contributed by atoms with van der Waals surface area (Å²) in [6.45, 7) is 6.35. The van der Waals surface area contributed by atoms with Crippen molar-refractivity contribution in [2.45, 2.75) is 20.8 Å². The molecule has 0 aliphatic rings. The van der Waals surface area contributed by atoms with Crippen molar-refractivity contribution in [2.75, 3.05) is 18.9 Å². The summed E-state index contributed by atoms with van der Waals surface area (Å²) in [5.74, 6) is 0.457. The van der Waals surface area contributed by atoms with Crippen molar-refractivity contribution >= 4 is 11.6 Å². The highest BCUT2D eigenvalue weighted by Crippen LogP contribution is 2.27. The van der Waals surface area contributed by atoms with Gasteiger partial charge in [0.2, 0.25) is 0 Å². The first kappa shape index (κ1) is 12.4. The van der Waals surface area contributed by atoms with Gasteiger partial charge in [0, 0.05) is 6.54 Å². The summed E-state index contributed by atoms with van der Waals surface area (Å²) in [7, 11) is 0. The minimum Gasteiger partial charge on any atom is -0.481 e. The number of anilines is 1. The van der Waals surface area contributed by atoms with E-state index in [1.165, 1.54) is 0 Å². The highest BCUT2D eigenvalue weighted by atomic mass is 16.5. The topological polar surface area (TPSA) is 64.3 Å². The number of rotatable bonds is 4. The monoisotopic (exact) mass is 222 g/mol. The molecule has 4 nitrogen and oxygen atoms in total. The predicted octanol–water partition coefficient (Wildman–Crippen LogP) is 1.40. The second kappa shape index (κ2) is 5.39. The molecular formula is C12H18N2O2. The summed E-state index contributed by atoms with van der Waals surface area (Å²) in [4.78, 5) is 11.2. The van der Waals surface area contributed by atoms with E-state index in [9.17, 15) is 4.79 Å². The Balaban J connectivity index is 2.70. The van der Waals surface area contributed by atoms with Gasteiger partial charge in [-0.05, 0) is 38.0 Å². The molecular weight excluding hydrogens is 204 g/mol. The van der Waals surface area contributed by atoms with Crippen LogP contribution in [0.5, 0.6) is 5.75 Å². The van der Waals surface area contributed by atoms with Crippen LogP contribution in [-0.2, 0) is 4.79 Å². The van der Waals surface area contributed by atoms with Gasteiger partial charge in [-0.25, -0.2) is 0 Å². The Morgan fingerprint density at radius 3 is 2.69 bits per heavy atom. The Bertz CT molecular complexity index is 366. The molecule has 1 amide bonds. The molecule has 0 spiro atoms. The predicted molar refractivity (Wildman–Crippen MR) is 64.5 cm³/mol. The Kier molecular flexibility index (Phi) is 4.17. The normalized spacial score (nSPS) is 9.94. The van der Waals surface area contributed by atoms with E-state index in [1.54, 1.807) is 0 Å². The number of amides is 1. The zero-order valence-corrected chi connectivity index (χ0v) is 9.96. The Hall–Kier alpha value is -1.71. The minimum absolute atomic E-state index is 0.00193. The van der Waals surface area contributed by atoms with E-state index in [2.05, 4.69) is 5.32 Å². The molecule has 0 saturated heterocycles. The van der Waals surface area contributed by atoms with Crippen molar-refractivity contribution in [2.24, 2.45) is 0 Å². The molecule has 0 radical (unpaired) electrons. The third kappa shape index (κ3) is 3.15. The molecule has 1 aromatic rings. The molecule has 0 aromatic heterocycles. The lowest BCUT2D eigenvalue weighted by Crippen LogP contribution is -2.28. The van der Waals surface area contributed by atoms with E-state index in [1.807, 2.05) is 32.9 Å². The number of likely N-dealkylation sites (N-methyl/N-ethyl adjacent to an activating group) is 1. The number of benzene rings is 1. The summed E-state index contributed by atoms with van der Waals surface area (Å²) in [5.41, 5.74) is 8.43. The van der Waals surface area contributed by atoms with Crippen molar-refractivity contribution in [1.29, 1.82) is 0 Å². The average molecular weight is 222 g/mol. The standard InChI is InChI=1S/C12H18N2O2/c1-4-14-11(15)7-16-12-9(3)5-8(2)6-10(12)13/h5-6H,4,7,13H2,1-3H3,(H,14,15). The number of carbonyl (C=O) groups is 1. The zero-order chi connectivity index (χ0) is 12.1. The highest BCUT2D eigenvalue weighted by molar-refractivity contribution is 5.77. The molecule has 1 rings (SSSR count). The molecule has 0 fully saturated rings. The van der Waals surface area contributed by atoms with E-state index in [0.29, 0.717) is 18.0 Å². The lowest BCUT2D eigenvalue weighted by molar-refractivity contribution is -0.122. The fourth-order valence-electron chi connectivity index (χ4n) is 1.57. The lowest BCUT2D eigenvalue weighted by atomic mass is 10.1. The van der Waals surface area contributed by atoms with Gasteiger partial charge in [-0.2, -0.15) is 0 Å². The Morgan fingerprint density at radius 1 is 1.44 bits per heavy atom. The van der Waals surface area contributed by atoms with Gasteiger partial charge in [0.15, 0.2) is 6.61 Å². The van der Waals surface area contributed by atoms with Gasteiger partial charge in [0.25, 0.3) is 5.91 Å². The molecule has 0 aliphatic carbocycles. The van der Waals surface area contributed by atoms with Gasteiger partial charge in [-0.1, -0.05) is 6.07 Å². The molecule has 4 heteroatoms. The van der Waals surface area contributed by atoms with Gasteiger partial charge < -0.3 is 15.8 Å². The molecule has 0 unspecified atom stereocenters.